The second-order valence-corrected chi connectivity index (χ2v) is 11.9. The molecule has 0 radical (unpaired) electrons. The molecular formula is C18H24N8O5S2. The predicted octanol–water partition coefficient (Wildman–Crippen LogP) is 0.570. The molecule has 0 amide bonds. The lowest BCUT2D eigenvalue weighted by molar-refractivity contribution is 0.0714. The highest BCUT2D eigenvalue weighted by molar-refractivity contribution is 7.89. The second-order valence-electron chi connectivity index (χ2n) is 7.99. The molecular weight excluding hydrogens is 472 g/mol. The molecule has 0 saturated carbocycles. The van der Waals surface area contributed by atoms with Crippen molar-refractivity contribution in [3.05, 3.63) is 24.8 Å². The average molecular weight is 497 g/mol. The number of hydrogen-bond acceptors (Lipinski definition) is 9. The first-order valence-corrected chi connectivity index (χ1v) is 13.1. The fraction of sp³-hybridized carbons (Fsp3) is 0.444. The topological polar surface area (TPSA) is 201 Å². The van der Waals surface area contributed by atoms with Crippen LogP contribution in [0.25, 0.3) is 22.3 Å². The summed E-state index contributed by atoms with van der Waals surface area (Å²) in [5.74, 6) is 0.267. The van der Waals surface area contributed by atoms with Gasteiger partial charge in [-0.1, -0.05) is 0 Å². The van der Waals surface area contributed by atoms with Gasteiger partial charge in [0, 0.05) is 30.9 Å². The number of nitriles is 1. The second kappa shape index (κ2) is 8.71. The van der Waals surface area contributed by atoms with Gasteiger partial charge in [0.15, 0.2) is 5.82 Å². The Morgan fingerprint density at radius 2 is 1.94 bits per heavy atom. The van der Waals surface area contributed by atoms with E-state index in [1.807, 2.05) is 6.07 Å². The molecule has 0 atom stereocenters. The summed E-state index contributed by atoms with van der Waals surface area (Å²) >= 11 is 0. The summed E-state index contributed by atoms with van der Waals surface area (Å²) in [6.07, 6.45) is 5.78. The Labute approximate surface area is 191 Å². The van der Waals surface area contributed by atoms with Crippen molar-refractivity contribution in [3.63, 3.8) is 0 Å². The van der Waals surface area contributed by atoms with Gasteiger partial charge < -0.3 is 10.7 Å². The van der Waals surface area contributed by atoms with Crippen LogP contribution in [0.3, 0.4) is 0 Å². The van der Waals surface area contributed by atoms with Gasteiger partial charge in [0.25, 0.3) is 10.1 Å². The van der Waals surface area contributed by atoms with Crippen molar-refractivity contribution < 1.29 is 21.4 Å². The van der Waals surface area contributed by atoms with E-state index in [9.17, 15) is 22.1 Å². The highest BCUT2D eigenvalue weighted by Crippen LogP contribution is 2.38. The Kier molecular flexibility index (Phi) is 6.48. The standard InChI is InChI=1S/C17H20N8O2S.CH4O3S/c1-11(2)28(26,27)24-8-17(9-24,4-5-18)25-7-13(15(19)23-25)14-12-3-6-20-16(12)22-10-21-14;1-5(2,3)4/h3,6-7,10-11H,4,8-9H2,1-2H3,(H2,19,23)(H,20,21,22);1H3,(H,2,3,4). The predicted molar refractivity (Wildman–Crippen MR) is 121 cm³/mol. The minimum absolute atomic E-state index is 0.126. The molecule has 0 bridgehead atoms. The smallest absolute Gasteiger partial charge is 0.261 e. The van der Waals surface area contributed by atoms with E-state index >= 15 is 0 Å². The first-order chi connectivity index (χ1) is 15.3. The van der Waals surface area contributed by atoms with E-state index in [4.69, 9.17) is 10.3 Å². The van der Waals surface area contributed by atoms with Crippen LogP contribution in [0.4, 0.5) is 5.82 Å². The van der Waals surface area contributed by atoms with E-state index in [1.54, 1.807) is 30.9 Å². The first-order valence-electron chi connectivity index (χ1n) is 9.71. The Morgan fingerprint density at radius 1 is 1.30 bits per heavy atom. The summed E-state index contributed by atoms with van der Waals surface area (Å²) in [5.41, 5.74) is 7.35. The lowest BCUT2D eigenvalue weighted by atomic mass is 9.89. The van der Waals surface area contributed by atoms with Crippen molar-refractivity contribution in [2.24, 2.45) is 0 Å². The number of aromatic amines is 1. The molecule has 1 aliphatic rings. The number of aromatic nitrogens is 5. The van der Waals surface area contributed by atoms with Crippen molar-refractivity contribution in [1.29, 1.82) is 5.26 Å². The number of rotatable bonds is 5. The molecule has 0 unspecified atom stereocenters. The van der Waals surface area contributed by atoms with Crippen LogP contribution in [0.2, 0.25) is 0 Å². The highest BCUT2D eigenvalue weighted by atomic mass is 32.2. The quantitative estimate of drug-likeness (QED) is 0.419. The van der Waals surface area contributed by atoms with Gasteiger partial charge in [0.05, 0.1) is 35.3 Å². The molecule has 0 spiro atoms. The van der Waals surface area contributed by atoms with Crippen LogP contribution in [-0.4, -0.2) is 75.0 Å². The molecule has 15 heteroatoms. The number of sulfonamides is 1. The molecule has 3 aromatic heterocycles. The molecule has 0 aliphatic carbocycles. The van der Waals surface area contributed by atoms with E-state index in [0.717, 1.165) is 5.39 Å². The highest BCUT2D eigenvalue weighted by Gasteiger charge is 2.51. The van der Waals surface area contributed by atoms with Crippen LogP contribution in [0.15, 0.2) is 24.8 Å². The maximum Gasteiger partial charge on any atom is 0.261 e. The van der Waals surface area contributed by atoms with Crippen molar-refractivity contribution in [2.45, 2.75) is 31.1 Å². The van der Waals surface area contributed by atoms with Crippen molar-refractivity contribution >= 4 is 37.0 Å². The molecule has 33 heavy (non-hydrogen) atoms. The number of nitrogens with two attached hydrogens (primary N) is 1. The van der Waals surface area contributed by atoms with Crippen LogP contribution < -0.4 is 5.73 Å². The third-order valence-electron chi connectivity index (χ3n) is 5.14. The third-order valence-corrected chi connectivity index (χ3v) is 7.31. The summed E-state index contributed by atoms with van der Waals surface area (Å²) < 4.78 is 53.7. The maximum atomic E-state index is 12.4. The van der Waals surface area contributed by atoms with Gasteiger partial charge in [0.1, 0.15) is 17.5 Å². The Bertz CT molecular complexity index is 1410. The Morgan fingerprint density at radius 3 is 2.52 bits per heavy atom. The molecule has 1 saturated heterocycles. The minimum Gasteiger partial charge on any atom is -0.382 e. The molecule has 4 rings (SSSR count). The monoisotopic (exact) mass is 496 g/mol. The largest absolute Gasteiger partial charge is 0.382 e. The van der Waals surface area contributed by atoms with Gasteiger partial charge in [-0.3, -0.25) is 9.23 Å². The molecule has 13 nitrogen and oxygen atoms in total. The summed E-state index contributed by atoms with van der Waals surface area (Å²) in [6.45, 7) is 3.65. The van der Waals surface area contributed by atoms with Gasteiger partial charge in [0.2, 0.25) is 10.0 Å². The number of fused-ring (bicyclic) bond motifs is 1. The zero-order valence-corrected chi connectivity index (χ0v) is 19.8. The van der Waals surface area contributed by atoms with E-state index in [-0.39, 0.29) is 25.3 Å². The number of nitrogens with one attached hydrogen (secondary N) is 1. The Balaban J connectivity index is 0.000000555. The first kappa shape index (κ1) is 24.6. The number of nitrogen functional groups attached to an aromatic ring is 1. The third kappa shape index (κ3) is 4.98. The summed E-state index contributed by atoms with van der Waals surface area (Å²) in [7, 11) is -7.05. The molecule has 1 fully saturated rings. The lowest BCUT2D eigenvalue weighted by Gasteiger charge is -2.48. The van der Waals surface area contributed by atoms with Gasteiger partial charge in [-0.25, -0.2) is 18.4 Å². The maximum absolute atomic E-state index is 12.4. The molecule has 0 aromatic carbocycles. The molecule has 1 aliphatic heterocycles. The van der Waals surface area contributed by atoms with Crippen LogP contribution >= 0.6 is 0 Å². The number of nitrogens with zero attached hydrogens (tertiary/aromatic N) is 6. The fourth-order valence-corrected chi connectivity index (χ4v) is 4.91. The van der Waals surface area contributed by atoms with Gasteiger partial charge in [-0.2, -0.15) is 23.1 Å². The number of hydrogen-bond donors (Lipinski definition) is 3. The Hall–Kier alpha value is -3.06. The van der Waals surface area contributed by atoms with Gasteiger partial charge >= 0.3 is 0 Å². The summed E-state index contributed by atoms with van der Waals surface area (Å²) in [4.78, 5) is 11.5. The van der Waals surface area contributed by atoms with E-state index in [0.29, 0.717) is 23.2 Å². The van der Waals surface area contributed by atoms with Gasteiger partial charge in [-0.15, -0.1) is 0 Å². The van der Waals surface area contributed by atoms with Crippen molar-refractivity contribution in [2.75, 3.05) is 25.1 Å². The molecule has 4 heterocycles. The van der Waals surface area contributed by atoms with E-state index in [1.165, 1.54) is 10.6 Å². The van der Waals surface area contributed by atoms with Crippen LogP contribution in [0.5, 0.6) is 0 Å². The van der Waals surface area contributed by atoms with Gasteiger partial charge in [-0.05, 0) is 19.9 Å². The van der Waals surface area contributed by atoms with Crippen molar-refractivity contribution in [1.82, 2.24) is 29.0 Å². The summed E-state index contributed by atoms with van der Waals surface area (Å²) in [5, 5.41) is 14.0. The van der Waals surface area contributed by atoms with Crippen LogP contribution in [-0.2, 0) is 25.7 Å². The molecule has 4 N–H and O–H groups in total. The average Bonchev–Trinajstić information content (AvgIpc) is 3.29. The lowest BCUT2D eigenvalue weighted by Crippen LogP contribution is -2.65. The zero-order valence-electron chi connectivity index (χ0n) is 18.2. The van der Waals surface area contributed by atoms with Crippen LogP contribution in [0.1, 0.15) is 20.3 Å². The molecule has 178 valence electrons. The van der Waals surface area contributed by atoms with Crippen molar-refractivity contribution in [3.8, 4) is 17.3 Å². The number of anilines is 1. The minimum atomic E-state index is -3.67. The fourth-order valence-electron chi connectivity index (χ4n) is 3.47. The van der Waals surface area contributed by atoms with E-state index < -0.39 is 30.9 Å². The summed E-state index contributed by atoms with van der Waals surface area (Å²) in [6, 6.07) is 4.00. The number of H-pyrrole nitrogens is 1. The van der Waals surface area contributed by atoms with E-state index in [2.05, 4.69) is 26.1 Å². The molecule has 3 aromatic rings. The van der Waals surface area contributed by atoms with Crippen LogP contribution in [0, 0.1) is 11.3 Å². The normalized spacial score (nSPS) is 16.1. The zero-order chi connectivity index (χ0) is 24.6. The SMILES string of the molecule is CC(C)S(=O)(=O)N1CC(CC#N)(n2cc(-c3ncnc4[nH]ccc34)c(N)n2)C1.CS(=O)(=O)O.